The van der Waals surface area contributed by atoms with E-state index < -0.39 is 30.2 Å². The number of hydrogen-bond acceptors (Lipinski definition) is 2. The van der Waals surface area contributed by atoms with Crippen molar-refractivity contribution in [3.63, 3.8) is 0 Å². The Morgan fingerprint density at radius 1 is 1.38 bits per heavy atom. The number of likely N-dealkylation sites (tertiary alicyclic amines) is 1. The Balaban J connectivity index is 1.90. The molecule has 21 heavy (non-hydrogen) atoms. The van der Waals surface area contributed by atoms with Crippen LogP contribution in [0.1, 0.15) is 23.3 Å². The maximum atomic E-state index is 14.0. The van der Waals surface area contributed by atoms with Gasteiger partial charge in [-0.1, -0.05) is 0 Å². The van der Waals surface area contributed by atoms with Gasteiger partial charge in [0.25, 0.3) is 11.8 Å². The number of aryl methyl sites for hydroxylation is 1. The van der Waals surface area contributed by atoms with E-state index in [9.17, 15) is 18.4 Å². The second-order valence-corrected chi connectivity index (χ2v) is 5.98. The van der Waals surface area contributed by atoms with Gasteiger partial charge < -0.3 is 14.8 Å². The first-order valence-electron chi connectivity index (χ1n) is 6.90. The molecule has 1 aromatic heterocycles. The Morgan fingerprint density at radius 3 is 2.71 bits per heavy atom. The molecule has 1 N–H and O–H groups in total. The highest BCUT2D eigenvalue weighted by Gasteiger charge is 2.55. The van der Waals surface area contributed by atoms with Crippen LogP contribution in [-0.4, -0.2) is 46.8 Å². The fourth-order valence-corrected chi connectivity index (χ4v) is 3.33. The van der Waals surface area contributed by atoms with Crippen LogP contribution in [0.3, 0.4) is 0 Å². The lowest BCUT2D eigenvalue weighted by Crippen LogP contribution is -2.57. The van der Waals surface area contributed by atoms with Crippen molar-refractivity contribution in [1.82, 2.24) is 14.8 Å². The van der Waals surface area contributed by atoms with Crippen LogP contribution in [0.25, 0.3) is 0 Å². The van der Waals surface area contributed by atoms with E-state index in [0.717, 1.165) is 4.90 Å². The lowest BCUT2D eigenvalue weighted by molar-refractivity contribution is -0.144. The van der Waals surface area contributed by atoms with Crippen LogP contribution in [0.15, 0.2) is 18.3 Å². The van der Waals surface area contributed by atoms with E-state index in [2.05, 4.69) is 5.32 Å². The van der Waals surface area contributed by atoms with E-state index >= 15 is 0 Å². The first-order chi connectivity index (χ1) is 9.83. The highest BCUT2D eigenvalue weighted by atomic mass is 19.3. The van der Waals surface area contributed by atoms with Gasteiger partial charge in [0.05, 0.1) is 12.0 Å². The predicted octanol–water partition coefficient (Wildman–Crippen LogP) is 1.01. The SMILES string of the molecule is Cn1cccc1C(=O)N1CC(F)(F)CC2(CCNC2=O)C1. The molecule has 0 aromatic carbocycles. The molecular weight excluding hydrogens is 280 g/mol. The van der Waals surface area contributed by atoms with Crippen LogP contribution in [0.2, 0.25) is 0 Å². The molecule has 1 spiro atoms. The molecule has 0 aliphatic carbocycles. The molecule has 2 aliphatic heterocycles. The minimum absolute atomic E-state index is 0.0540. The number of carbonyl (C=O) groups excluding carboxylic acids is 2. The predicted molar refractivity (Wildman–Crippen MR) is 70.9 cm³/mol. The van der Waals surface area contributed by atoms with Crippen molar-refractivity contribution in [3.05, 3.63) is 24.0 Å². The summed E-state index contributed by atoms with van der Waals surface area (Å²) < 4.78 is 29.7. The molecule has 1 unspecified atom stereocenters. The third-order valence-electron chi connectivity index (χ3n) is 4.33. The molecule has 114 valence electrons. The summed E-state index contributed by atoms with van der Waals surface area (Å²) in [5.74, 6) is -3.87. The largest absolute Gasteiger partial charge is 0.356 e. The Kier molecular flexibility index (Phi) is 3.04. The van der Waals surface area contributed by atoms with Gasteiger partial charge in [-0.15, -0.1) is 0 Å². The summed E-state index contributed by atoms with van der Waals surface area (Å²) in [6.45, 7) is -0.189. The molecule has 2 amide bonds. The molecule has 7 heteroatoms. The van der Waals surface area contributed by atoms with Crippen LogP contribution < -0.4 is 5.32 Å². The van der Waals surface area contributed by atoms with Crippen LogP contribution >= 0.6 is 0 Å². The van der Waals surface area contributed by atoms with Crippen molar-refractivity contribution >= 4 is 11.8 Å². The monoisotopic (exact) mass is 297 g/mol. The number of halogens is 2. The van der Waals surface area contributed by atoms with Crippen LogP contribution in [0.5, 0.6) is 0 Å². The zero-order valence-electron chi connectivity index (χ0n) is 11.7. The van der Waals surface area contributed by atoms with E-state index in [1.807, 2.05) is 0 Å². The van der Waals surface area contributed by atoms with Gasteiger partial charge in [-0.25, -0.2) is 8.78 Å². The summed E-state index contributed by atoms with van der Waals surface area (Å²) in [5, 5.41) is 2.61. The van der Waals surface area contributed by atoms with E-state index in [0.29, 0.717) is 18.7 Å². The topological polar surface area (TPSA) is 54.3 Å². The fourth-order valence-electron chi connectivity index (χ4n) is 3.33. The average molecular weight is 297 g/mol. The number of alkyl halides is 2. The second kappa shape index (κ2) is 4.54. The number of nitrogens with zero attached hydrogens (tertiary/aromatic N) is 2. The van der Waals surface area contributed by atoms with E-state index in [-0.39, 0.29) is 12.5 Å². The zero-order chi connectivity index (χ0) is 15.3. The molecule has 0 saturated carbocycles. The number of piperidine rings is 1. The van der Waals surface area contributed by atoms with Gasteiger partial charge in [0, 0.05) is 32.8 Å². The van der Waals surface area contributed by atoms with E-state index in [1.165, 1.54) is 0 Å². The van der Waals surface area contributed by atoms with Crippen molar-refractivity contribution in [1.29, 1.82) is 0 Å². The van der Waals surface area contributed by atoms with Gasteiger partial charge >= 0.3 is 0 Å². The molecule has 0 radical (unpaired) electrons. The molecule has 1 atom stereocenters. The van der Waals surface area contributed by atoms with Gasteiger partial charge in [-0.3, -0.25) is 9.59 Å². The van der Waals surface area contributed by atoms with Crippen LogP contribution in [0.4, 0.5) is 8.78 Å². The van der Waals surface area contributed by atoms with Crippen molar-refractivity contribution in [2.75, 3.05) is 19.6 Å². The Bertz CT molecular complexity index is 599. The molecule has 1 aromatic rings. The first-order valence-corrected chi connectivity index (χ1v) is 6.90. The van der Waals surface area contributed by atoms with Gasteiger partial charge in [-0.05, 0) is 18.6 Å². The summed E-state index contributed by atoms with van der Waals surface area (Å²) in [4.78, 5) is 25.5. The highest BCUT2D eigenvalue weighted by Crippen LogP contribution is 2.43. The normalized spacial score (nSPS) is 28.0. The number of rotatable bonds is 1. The van der Waals surface area contributed by atoms with E-state index in [1.54, 1.807) is 29.9 Å². The van der Waals surface area contributed by atoms with Gasteiger partial charge in [0.2, 0.25) is 5.91 Å². The quantitative estimate of drug-likeness (QED) is 0.841. The van der Waals surface area contributed by atoms with Gasteiger partial charge in [0.1, 0.15) is 5.69 Å². The number of nitrogens with one attached hydrogen (secondary N) is 1. The first kappa shape index (κ1) is 14.0. The number of amides is 2. The molecule has 2 saturated heterocycles. The third-order valence-corrected chi connectivity index (χ3v) is 4.33. The average Bonchev–Trinajstić information content (AvgIpc) is 2.95. The van der Waals surface area contributed by atoms with Crippen molar-refractivity contribution in [2.24, 2.45) is 12.5 Å². The minimum Gasteiger partial charge on any atom is -0.356 e. The number of aromatic nitrogens is 1. The lowest BCUT2D eigenvalue weighted by atomic mass is 9.77. The van der Waals surface area contributed by atoms with Gasteiger partial charge in [0.15, 0.2) is 0 Å². The van der Waals surface area contributed by atoms with Crippen LogP contribution in [0, 0.1) is 5.41 Å². The Labute approximate surface area is 120 Å². The highest BCUT2D eigenvalue weighted by molar-refractivity contribution is 5.94. The smallest absolute Gasteiger partial charge is 0.270 e. The lowest BCUT2D eigenvalue weighted by Gasteiger charge is -2.42. The summed E-state index contributed by atoms with van der Waals surface area (Å²) in [5.41, 5.74) is -0.802. The molecule has 3 heterocycles. The standard InChI is InChI=1S/C14H17F2N3O2/c1-18-6-2-3-10(18)11(20)19-8-13(4-5-17-12(13)21)7-14(15,16)9-19/h2-3,6H,4-5,7-9H2,1H3,(H,17,21). The summed E-state index contributed by atoms with van der Waals surface area (Å²) in [6, 6.07) is 3.28. The zero-order valence-corrected chi connectivity index (χ0v) is 11.7. The molecule has 5 nitrogen and oxygen atoms in total. The van der Waals surface area contributed by atoms with Crippen molar-refractivity contribution in [3.8, 4) is 0 Å². The molecular formula is C14H17F2N3O2. The molecule has 0 bridgehead atoms. The summed E-state index contributed by atoms with van der Waals surface area (Å²) in [7, 11) is 1.69. The maximum Gasteiger partial charge on any atom is 0.270 e. The van der Waals surface area contributed by atoms with Crippen molar-refractivity contribution < 1.29 is 18.4 Å². The Morgan fingerprint density at radius 2 is 2.14 bits per heavy atom. The molecule has 2 fully saturated rings. The summed E-state index contributed by atoms with van der Waals surface area (Å²) >= 11 is 0. The van der Waals surface area contributed by atoms with E-state index in [4.69, 9.17) is 0 Å². The van der Waals surface area contributed by atoms with Gasteiger partial charge in [-0.2, -0.15) is 0 Å². The number of carbonyl (C=O) groups is 2. The second-order valence-electron chi connectivity index (χ2n) is 5.98. The molecule has 2 aliphatic rings. The number of hydrogen-bond donors (Lipinski definition) is 1. The molecule has 3 rings (SSSR count). The third kappa shape index (κ3) is 2.30. The summed E-state index contributed by atoms with van der Waals surface area (Å²) in [6.07, 6.45) is 1.55. The fraction of sp³-hybridized carbons (Fsp3) is 0.571. The van der Waals surface area contributed by atoms with Crippen LogP contribution in [-0.2, 0) is 11.8 Å². The minimum atomic E-state index is -3.04. The van der Waals surface area contributed by atoms with Crippen molar-refractivity contribution in [2.45, 2.75) is 18.8 Å². The maximum absolute atomic E-state index is 14.0. The Hall–Kier alpha value is -1.92.